The topological polar surface area (TPSA) is 49.9 Å². The fourth-order valence-corrected chi connectivity index (χ4v) is 2.01. The summed E-state index contributed by atoms with van der Waals surface area (Å²) < 4.78 is 4.92. The maximum absolute atomic E-state index is 12.4. The molecule has 0 unspecified atom stereocenters. The molecule has 0 aromatic rings. The van der Waals surface area contributed by atoms with Crippen LogP contribution in [0.15, 0.2) is 0 Å². The van der Waals surface area contributed by atoms with E-state index in [9.17, 15) is 9.59 Å². The molecule has 0 atom stereocenters. The van der Waals surface area contributed by atoms with E-state index in [1.165, 1.54) is 0 Å². The van der Waals surface area contributed by atoms with Crippen LogP contribution in [0.2, 0.25) is 0 Å². The fourth-order valence-electron chi connectivity index (χ4n) is 2.01. The molecule has 5 nitrogen and oxygen atoms in total. The van der Waals surface area contributed by atoms with Crippen molar-refractivity contribution in [1.82, 2.24) is 9.80 Å². The lowest BCUT2D eigenvalue weighted by atomic mass is 10.0. The van der Waals surface area contributed by atoms with Gasteiger partial charge in [0.1, 0.15) is 0 Å². The molecule has 0 rings (SSSR count). The van der Waals surface area contributed by atoms with Crippen molar-refractivity contribution in [2.75, 3.05) is 40.3 Å². The zero-order chi connectivity index (χ0) is 15.5. The normalized spacial score (nSPS) is 10.9. The first kappa shape index (κ1) is 18.9. The molecule has 0 aliphatic rings. The number of likely N-dealkylation sites (N-methyl/N-ethyl adjacent to an activating group) is 1. The van der Waals surface area contributed by atoms with E-state index in [0.29, 0.717) is 19.7 Å². The number of hydrogen-bond donors (Lipinski definition) is 0. The molecule has 0 heterocycles. The molecular weight excluding hydrogens is 256 g/mol. The Hall–Kier alpha value is -1.10. The Morgan fingerprint density at radius 2 is 1.60 bits per heavy atom. The standard InChI is InChI=1S/C15H30N2O3/c1-6-13(7-2)15(19)17(12-11-16(4)5)10-9-14(18)20-8-3/h13H,6-12H2,1-5H3. The van der Waals surface area contributed by atoms with Crippen LogP contribution in [0.3, 0.4) is 0 Å². The first-order chi connectivity index (χ1) is 9.46. The highest BCUT2D eigenvalue weighted by molar-refractivity contribution is 5.79. The number of carbonyl (C=O) groups excluding carboxylic acids is 2. The quantitative estimate of drug-likeness (QED) is 0.574. The summed E-state index contributed by atoms with van der Waals surface area (Å²) in [5, 5.41) is 0. The Morgan fingerprint density at radius 1 is 1.00 bits per heavy atom. The average molecular weight is 286 g/mol. The first-order valence-corrected chi connectivity index (χ1v) is 7.55. The van der Waals surface area contributed by atoms with Crippen LogP contribution in [-0.2, 0) is 14.3 Å². The molecule has 0 fully saturated rings. The molecule has 0 aliphatic carbocycles. The molecule has 0 saturated carbocycles. The number of esters is 1. The fraction of sp³-hybridized carbons (Fsp3) is 0.867. The number of nitrogens with zero attached hydrogens (tertiary/aromatic N) is 2. The molecule has 0 spiro atoms. The molecule has 0 aromatic heterocycles. The van der Waals surface area contributed by atoms with Gasteiger partial charge in [0, 0.05) is 25.6 Å². The molecule has 0 radical (unpaired) electrons. The van der Waals surface area contributed by atoms with Gasteiger partial charge in [0.25, 0.3) is 0 Å². The number of hydrogen-bond acceptors (Lipinski definition) is 4. The predicted molar refractivity (Wildman–Crippen MR) is 80.5 cm³/mol. The molecule has 0 aromatic carbocycles. The number of ether oxygens (including phenoxy) is 1. The molecule has 1 amide bonds. The van der Waals surface area contributed by atoms with Crippen molar-refractivity contribution >= 4 is 11.9 Å². The van der Waals surface area contributed by atoms with Gasteiger partial charge in [-0.25, -0.2) is 0 Å². The highest BCUT2D eigenvalue weighted by atomic mass is 16.5. The summed E-state index contributed by atoms with van der Waals surface area (Å²) >= 11 is 0. The van der Waals surface area contributed by atoms with Crippen molar-refractivity contribution in [3.05, 3.63) is 0 Å². The van der Waals surface area contributed by atoms with Gasteiger partial charge >= 0.3 is 5.97 Å². The van der Waals surface area contributed by atoms with Crippen LogP contribution in [0.4, 0.5) is 0 Å². The van der Waals surface area contributed by atoms with E-state index in [1.54, 1.807) is 11.8 Å². The third kappa shape index (κ3) is 7.48. The minimum atomic E-state index is -0.236. The van der Waals surface area contributed by atoms with Gasteiger partial charge in [0.2, 0.25) is 5.91 Å². The van der Waals surface area contributed by atoms with Crippen LogP contribution < -0.4 is 0 Å². The zero-order valence-electron chi connectivity index (χ0n) is 13.6. The van der Waals surface area contributed by atoms with Crippen molar-refractivity contribution < 1.29 is 14.3 Å². The second-order valence-corrected chi connectivity index (χ2v) is 5.20. The minimum absolute atomic E-state index is 0.0550. The van der Waals surface area contributed by atoms with Crippen molar-refractivity contribution in [2.45, 2.75) is 40.0 Å². The van der Waals surface area contributed by atoms with E-state index < -0.39 is 0 Å². The van der Waals surface area contributed by atoms with Gasteiger partial charge in [-0.2, -0.15) is 0 Å². The molecule has 0 aliphatic heterocycles. The Bertz CT molecular complexity index is 289. The van der Waals surface area contributed by atoms with Crippen LogP contribution in [0, 0.1) is 5.92 Å². The first-order valence-electron chi connectivity index (χ1n) is 7.55. The molecule has 0 saturated heterocycles. The lowest BCUT2D eigenvalue weighted by molar-refractivity contribution is -0.144. The van der Waals surface area contributed by atoms with Crippen molar-refractivity contribution in [3.8, 4) is 0 Å². The van der Waals surface area contributed by atoms with E-state index in [4.69, 9.17) is 4.74 Å². The molecule has 0 bridgehead atoms. The Morgan fingerprint density at radius 3 is 2.05 bits per heavy atom. The summed E-state index contributed by atoms with van der Waals surface area (Å²) in [4.78, 5) is 27.7. The minimum Gasteiger partial charge on any atom is -0.466 e. The SMILES string of the molecule is CCOC(=O)CCN(CCN(C)C)C(=O)C(CC)CC. The van der Waals surface area contributed by atoms with Crippen LogP contribution >= 0.6 is 0 Å². The summed E-state index contributed by atoms with van der Waals surface area (Å²) in [5.74, 6) is -0.0276. The van der Waals surface area contributed by atoms with Crippen LogP contribution in [-0.4, -0.2) is 62.0 Å². The highest BCUT2D eigenvalue weighted by Gasteiger charge is 2.22. The van der Waals surface area contributed by atoms with Crippen molar-refractivity contribution in [3.63, 3.8) is 0 Å². The highest BCUT2D eigenvalue weighted by Crippen LogP contribution is 2.12. The zero-order valence-corrected chi connectivity index (χ0v) is 13.6. The Balaban J connectivity index is 4.54. The maximum atomic E-state index is 12.4. The van der Waals surface area contributed by atoms with Gasteiger partial charge < -0.3 is 14.5 Å². The van der Waals surface area contributed by atoms with Crippen LogP contribution in [0.25, 0.3) is 0 Å². The summed E-state index contributed by atoms with van der Waals surface area (Å²) in [5.41, 5.74) is 0. The Labute approximate surface area is 123 Å². The summed E-state index contributed by atoms with van der Waals surface area (Å²) in [6.45, 7) is 8.13. The smallest absolute Gasteiger partial charge is 0.307 e. The second-order valence-electron chi connectivity index (χ2n) is 5.20. The summed E-state index contributed by atoms with van der Waals surface area (Å²) in [7, 11) is 3.95. The molecule has 20 heavy (non-hydrogen) atoms. The predicted octanol–water partition coefficient (Wildman–Crippen LogP) is 1.77. The number of amides is 1. The van der Waals surface area contributed by atoms with Gasteiger partial charge in [-0.3, -0.25) is 9.59 Å². The van der Waals surface area contributed by atoms with E-state index >= 15 is 0 Å². The van der Waals surface area contributed by atoms with Crippen molar-refractivity contribution in [2.24, 2.45) is 5.92 Å². The molecule has 118 valence electrons. The van der Waals surface area contributed by atoms with Gasteiger partial charge in [0.15, 0.2) is 0 Å². The average Bonchev–Trinajstić information content (AvgIpc) is 2.40. The monoisotopic (exact) mass is 286 g/mol. The van der Waals surface area contributed by atoms with Gasteiger partial charge in [-0.05, 0) is 33.9 Å². The third-order valence-corrected chi connectivity index (χ3v) is 3.35. The van der Waals surface area contributed by atoms with Crippen LogP contribution in [0.5, 0.6) is 0 Å². The largest absolute Gasteiger partial charge is 0.466 e. The van der Waals surface area contributed by atoms with E-state index in [-0.39, 0.29) is 24.2 Å². The third-order valence-electron chi connectivity index (χ3n) is 3.35. The van der Waals surface area contributed by atoms with Gasteiger partial charge in [-0.1, -0.05) is 13.8 Å². The number of rotatable bonds is 10. The molecule has 0 N–H and O–H groups in total. The number of carbonyl (C=O) groups is 2. The lowest BCUT2D eigenvalue weighted by Gasteiger charge is -2.27. The van der Waals surface area contributed by atoms with E-state index in [2.05, 4.69) is 0 Å². The summed E-state index contributed by atoms with van der Waals surface area (Å²) in [6.07, 6.45) is 1.95. The lowest BCUT2D eigenvalue weighted by Crippen LogP contribution is -2.41. The van der Waals surface area contributed by atoms with Gasteiger partial charge in [0.05, 0.1) is 13.0 Å². The Kier molecular flexibility index (Phi) is 10.1. The van der Waals surface area contributed by atoms with Gasteiger partial charge in [-0.15, -0.1) is 0 Å². The van der Waals surface area contributed by atoms with E-state index in [0.717, 1.165) is 19.4 Å². The second kappa shape index (κ2) is 10.7. The van der Waals surface area contributed by atoms with Crippen LogP contribution in [0.1, 0.15) is 40.0 Å². The molecular formula is C15H30N2O3. The maximum Gasteiger partial charge on any atom is 0.307 e. The van der Waals surface area contributed by atoms with Crippen molar-refractivity contribution in [1.29, 1.82) is 0 Å². The summed E-state index contributed by atoms with van der Waals surface area (Å²) in [6, 6.07) is 0. The van der Waals surface area contributed by atoms with E-state index in [1.807, 2.05) is 32.8 Å². The molecule has 5 heteroatoms.